The van der Waals surface area contributed by atoms with Gasteiger partial charge >= 0.3 is 6.03 Å². The summed E-state index contributed by atoms with van der Waals surface area (Å²) in [4.78, 5) is 27.5. The second kappa shape index (κ2) is 8.35. The van der Waals surface area contributed by atoms with Crippen molar-refractivity contribution < 1.29 is 14.1 Å². The molecule has 140 valence electrons. The second-order valence-electron chi connectivity index (χ2n) is 6.55. The number of rotatable bonds is 5. The molecule has 3 rings (SSSR count). The van der Waals surface area contributed by atoms with Crippen LogP contribution in [-0.2, 0) is 17.9 Å². The number of carbonyl (C=O) groups is 2. The minimum Gasteiger partial charge on any atom is -0.361 e. The Labute approximate surface area is 156 Å². The molecule has 3 heterocycles. The van der Waals surface area contributed by atoms with Crippen LogP contribution in [0.4, 0.5) is 4.79 Å². The molecular weight excluding hydrogens is 352 g/mol. The number of aryl methyl sites for hydroxylation is 2. The zero-order valence-electron chi connectivity index (χ0n) is 15.1. The van der Waals surface area contributed by atoms with E-state index in [1.54, 1.807) is 11.3 Å². The molecule has 0 aromatic carbocycles. The monoisotopic (exact) mass is 376 g/mol. The Hall–Kier alpha value is -2.35. The molecular formula is C18H24N4O3S. The van der Waals surface area contributed by atoms with Gasteiger partial charge < -0.3 is 20.1 Å². The molecule has 1 aliphatic rings. The molecule has 0 aliphatic carbocycles. The summed E-state index contributed by atoms with van der Waals surface area (Å²) in [5.41, 5.74) is 1.79. The van der Waals surface area contributed by atoms with Crippen LogP contribution in [0.15, 0.2) is 22.0 Å². The van der Waals surface area contributed by atoms with Gasteiger partial charge in [0.1, 0.15) is 5.76 Å². The molecule has 2 N–H and O–H groups in total. The van der Waals surface area contributed by atoms with Crippen molar-refractivity contribution in [3.05, 3.63) is 39.4 Å². The molecule has 8 heteroatoms. The Balaban J connectivity index is 1.50. The largest absolute Gasteiger partial charge is 0.361 e. The van der Waals surface area contributed by atoms with E-state index in [9.17, 15) is 9.59 Å². The lowest BCUT2D eigenvalue weighted by Gasteiger charge is -2.21. The van der Waals surface area contributed by atoms with E-state index in [1.807, 2.05) is 36.3 Å². The molecule has 26 heavy (non-hydrogen) atoms. The molecule has 7 nitrogen and oxygen atoms in total. The lowest BCUT2D eigenvalue weighted by Crippen LogP contribution is -2.42. The van der Waals surface area contributed by atoms with E-state index in [1.165, 1.54) is 0 Å². The first-order valence-corrected chi connectivity index (χ1v) is 9.67. The third kappa shape index (κ3) is 4.63. The van der Waals surface area contributed by atoms with E-state index in [4.69, 9.17) is 4.52 Å². The number of nitrogens with one attached hydrogen (secondary N) is 2. The second-order valence-corrected chi connectivity index (χ2v) is 7.58. The lowest BCUT2D eigenvalue weighted by atomic mass is 10.1. The number of amides is 3. The SMILES string of the molecule is Cc1noc(C)c1CN1CCC(NC(=O)NCc2cccs2)CCC1=O. The molecule has 2 aromatic heterocycles. The fraction of sp³-hybridized carbons (Fsp3) is 0.500. The number of aromatic nitrogens is 1. The minimum absolute atomic E-state index is 0.00282. The van der Waals surface area contributed by atoms with Crippen molar-refractivity contribution in [3.63, 3.8) is 0 Å². The lowest BCUT2D eigenvalue weighted by molar-refractivity contribution is -0.131. The zero-order chi connectivity index (χ0) is 18.5. The predicted octanol–water partition coefficient (Wildman–Crippen LogP) is 2.73. The molecule has 0 saturated carbocycles. The summed E-state index contributed by atoms with van der Waals surface area (Å²) in [5.74, 6) is 0.857. The van der Waals surface area contributed by atoms with Crippen molar-refractivity contribution in [3.8, 4) is 0 Å². The van der Waals surface area contributed by atoms with Crippen molar-refractivity contribution in [2.45, 2.75) is 52.2 Å². The van der Waals surface area contributed by atoms with Gasteiger partial charge in [0, 0.05) is 29.4 Å². The van der Waals surface area contributed by atoms with Gasteiger partial charge in [-0.2, -0.15) is 0 Å². The summed E-state index contributed by atoms with van der Waals surface area (Å²) in [7, 11) is 0. The van der Waals surface area contributed by atoms with Crippen molar-refractivity contribution in [1.82, 2.24) is 20.7 Å². The van der Waals surface area contributed by atoms with Crippen molar-refractivity contribution in [1.29, 1.82) is 0 Å². The normalized spacial score (nSPS) is 17.8. The fourth-order valence-electron chi connectivity index (χ4n) is 3.08. The highest BCUT2D eigenvalue weighted by molar-refractivity contribution is 7.09. The third-order valence-corrected chi connectivity index (χ3v) is 5.55. The van der Waals surface area contributed by atoms with E-state index >= 15 is 0 Å². The van der Waals surface area contributed by atoms with Gasteiger partial charge in [0.05, 0.1) is 18.8 Å². The van der Waals surface area contributed by atoms with Gasteiger partial charge in [0.15, 0.2) is 0 Å². The predicted molar refractivity (Wildman–Crippen MR) is 98.7 cm³/mol. The molecule has 2 aromatic rings. The number of hydrogen-bond acceptors (Lipinski definition) is 5. The van der Waals surface area contributed by atoms with Gasteiger partial charge in [0.25, 0.3) is 0 Å². The highest BCUT2D eigenvalue weighted by atomic mass is 32.1. The summed E-state index contributed by atoms with van der Waals surface area (Å²) in [5, 5.41) is 11.8. The van der Waals surface area contributed by atoms with Crippen LogP contribution < -0.4 is 10.6 Å². The first-order chi connectivity index (χ1) is 12.5. The van der Waals surface area contributed by atoms with Gasteiger partial charge in [-0.1, -0.05) is 11.2 Å². The van der Waals surface area contributed by atoms with E-state index in [2.05, 4.69) is 15.8 Å². The van der Waals surface area contributed by atoms with Crippen LogP contribution in [0.5, 0.6) is 0 Å². The summed E-state index contributed by atoms with van der Waals surface area (Å²) >= 11 is 1.61. The summed E-state index contributed by atoms with van der Waals surface area (Å²) in [6.07, 6.45) is 1.82. The van der Waals surface area contributed by atoms with Crippen LogP contribution >= 0.6 is 11.3 Å². The molecule has 1 fully saturated rings. The first-order valence-electron chi connectivity index (χ1n) is 8.79. The molecule has 0 radical (unpaired) electrons. The number of nitrogens with zero attached hydrogens (tertiary/aromatic N) is 2. The number of carbonyl (C=O) groups excluding carboxylic acids is 2. The Morgan fingerprint density at radius 3 is 2.96 bits per heavy atom. The summed E-state index contributed by atoms with van der Waals surface area (Å²) in [6.45, 7) is 5.39. The first kappa shape index (κ1) is 18.4. The molecule has 1 saturated heterocycles. The van der Waals surface area contributed by atoms with Crippen molar-refractivity contribution >= 4 is 23.3 Å². The Morgan fingerprint density at radius 1 is 1.42 bits per heavy atom. The molecule has 3 amide bonds. The third-order valence-electron chi connectivity index (χ3n) is 4.68. The average molecular weight is 376 g/mol. The van der Waals surface area contributed by atoms with Gasteiger partial charge in [0.2, 0.25) is 5.91 Å². The smallest absolute Gasteiger partial charge is 0.315 e. The maximum atomic E-state index is 12.4. The van der Waals surface area contributed by atoms with Gasteiger partial charge in [-0.05, 0) is 38.1 Å². The van der Waals surface area contributed by atoms with Gasteiger partial charge in [-0.25, -0.2) is 4.79 Å². The quantitative estimate of drug-likeness (QED) is 0.840. The molecule has 0 spiro atoms. The van der Waals surface area contributed by atoms with Crippen LogP contribution in [0.25, 0.3) is 0 Å². The molecule has 0 bridgehead atoms. The van der Waals surface area contributed by atoms with Crippen molar-refractivity contribution in [2.24, 2.45) is 0 Å². The van der Waals surface area contributed by atoms with Crippen LogP contribution in [-0.4, -0.2) is 34.6 Å². The topological polar surface area (TPSA) is 87.5 Å². The van der Waals surface area contributed by atoms with Gasteiger partial charge in [-0.3, -0.25) is 4.79 Å². The summed E-state index contributed by atoms with van der Waals surface area (Å²) < 4.78 is 5.18. The standard InChI is InChI=1S/C18H24N4O3S/c1-12-16(13(2)25-21-12)11-22-8-7-14(5-6-17(22)23)20-18(24)19-10-15-4-3-9-26-15/h3-4,9,14H,5-8,10-11H2,1-2H3,(H2,19,20,24). The summed E-state index contributed by atoms with van der Waals surface area (Å²) in [6, 6.07) is 3.76. The number of likely N-dealkylation sites (tertiary alicyclic amines) is 1. The number of hydrogen-bond donors (Lipinski definition) is 2. The molecule has 1 aliphatic heterocycles. The van der Waals surface area contributed by atoms with E-state index in [-0.39, 0.29) is 18.0 Å². The van der Waals surface area contributed by atoms with E-state index < -0.39 is 0 Å². The van der Waals surface area contributed by atoms with E-state index in [0.717, 1.165) is 28.3 Å². The maximum Gasteiger partial charge on any atom is 0.315 e. The highest BCUT2D eigenvalue weighted by Crippen LogP contribution is 2.19. The number of urea groups is 1. The molecule has 1 unspecified atom stereocenters. The Bertz CT molecular complexity index is 737. The van der Waals surface area contributed by atoms with Crippen LogP contribution in [0, 0.1) is 13.8 Å². The number of thiophene rings is 1. The van der Waals surface area contributed by atoms with E-state index in [0.29, 0.717) is 32.5 Å². The van der Waals surface area contributed by atoms with Crippen LogP contribution in [0.3, 0.4) is 0 Å². The molecule has 1 atom stereocenters. The van der Waals surface area contributed by atoms with Gasteiger partial charge in [-0.15, -0.1) is 11.3 Å². The Morgan fingerprint density at radius 2 is 2.27 bits per heavy atom. The Kier molecular flexibility index (Phi) is 5.92. The zero-order valence-corrected chi connectivity index (χ0v) is 15.9. The minimum atomic E-state index is -0.185. The highest BCUT2D eigenvalue weighted by Gasteiger charge is 2.25. The van der Waals surface area contributed by atoms with Crippen molar-refractivity contribution in [2.75, 3.05) is 6.54 Å². The fourth-order valence-corrected chi connectivity index (χ4v) is 3.73. The van der Waals surface area contributed by atoms with Crippen LogP contribution in [0.2, 0.25) is 0 Å². The maximum absolute atomic E-state index is 12.4. The van der Waals surface area contributed by atoms with Crippen LogP contribution in [0.1, 0.15) is 41.2 Å². The average Bonchev–Trinajstić information content (AvgIpc) is 3.21.